The van der Waals surface area contributed by atoms with Crippen molar-refractivity contribution in [2.75, 3.05) is 5.32 Å². The van der Waals surface area contributed by atoms with Gasteiger partial charge in [-0.3, -0.25) is 0 Å². The van der Waals surface area contributed by atoms with Crippen LogP contribution in [0.1, 0.15) is 22.3 Å². The molecule has 3 aromatic rings. The van der Waals surface area contributed by atoms with Crippen molar-refractivity contribution in [1.82, 2.24) is 0 Å². The molecule has 2 nitrogen and oxygen atoms in total. The number of anilines is 1. The van der Waals surface area contributed by atoms with Crippen LogP contribution in [0.15, 0.2) is 60.7 Å². The Kier molecular flexibility index (Phi) is 6.08. The predicted octanol–water partition coefficient (Wildman–Crippen LogP) is 6.80. The number of aryl methyl sites for hydroxylation is 2. The second-order valence-electron chi connectivity index (χ2n) is 6.29. The minimum absolute atomic E-state index is 0.340. The number of hydrogen-bond donors (Lipinski definition) is 1. The van der Waals surface area contributed by atoms with Gasteiger partial charge in [0.05, 0.1) is 0 Å². The Morgan fingerprint density at radius 3 is 2.31 bits per heavy atom. The predicted molar refractivity (Wildman–Crippen MR) is 110 cm³/mol. The monoisotopic (exact) mass is 385 g/mol. The Hall–Kier alpha value is -2.16. The van der Waals surface area contributed by atoms with Crippen LogP contribution >= 0.6 is 23.2 Å². The summed E-state index contributed by atoms with van der Waals surface area (Å²) in [5.41, 5.74) is 5.63. The van der Waals surface area contributed by atoms with Gasteiger partial charge in [-0.2, -0.15) is 0 Å². The molecule has 0 aliphatic rings. The van der Waals surface area contributed by atoms with Gasteiger partial charge in [0.15, 0.2) is 0 Å². The van der Waals surface area contributed by atoms with Crippen LogP contribution in [0.4, 0.5) is 5.69 Å². The molecule has 0 aliphatic carbocycles. The third-order valence-electron chi connectivity index (χ3n) is 4.35. The fraction of sp³-hybridized carbons (Fsp3) is 0.182. The minimum atomic E-state index is 0.340. The molecule has 3 rings (SSSR count). The standard InChI is InChI=1S/C22H21Cl2NO/c1-15-9-10-18(11-16(15)2)25-13-17-5-3-6-19(12-17)26-14-20-21(23)7-4-8-22(20)24/h3-12,25H,13-14H2,1-2H3. The van der Waals surface area contributed by atoms with Crippen molar-refractivity contribution in [2.24, 2.45) is 0 Å². The molecule has 0 bridgehead atoms. The Labute approximate surface area is 164 Å². The Morgan fingerprint density at radius 1 is 0.846 bits per heavy atom. The molecule has 0 radical (unpaired) electrons. The normalized spacial score (nSPS) is 10.6. The lowest BCUT2D eigenvalue weighted by Gasteiger charge is -2.12. The molecule has 0 saturated heterocycles. The molecule has 0 aromatic heterocycles. The van der Waals surface area contributed by atoms with Gasteiger partial charge in [0.25, 0.3) is 0 Å². The molecule has 0 heterocycles. The lowest BCUT2D eigenvalue weighted by molar-refractivity contribution is 0.306. The zero-order chi connectivity index (χ0) is 18.5. The van der Waals surface area contributed by atoms with Crippen LogP contribution < -0.4 is 10.1 Å². The van der Waals surface area contributed by atoms with Crippen molar-refractivity contribution >= 4 is 28.9 Å². The second kappa shape index (κ2) is 8.48. The van der Waals surface area contributed by atoms with E-state index in [-0.39, 0.29) is 0 Å². The molecule has 0 aliphatic heterocycles. The van der Waals surface area contributed by atoms with E-state index in [0.717, 1.165) is 29.1 Å². The van der Waals surface area contributed by atoms with Crippen molar-refractivity contribution in [3.8, 4) is 5.75 Å². The van der Waals surface area contributed by atoms with Crippen LogP contribution in [-0.2, 0) is 13.2 Å². The van der Waals surface area contributed by atoms with E-state index < -0.39 is 0 Å². The molecule has 134 valence electrons. The van der Waals surface area contributed by atoms with E-state index in [9.17, 15) is 0 Å². The van der Waals surface area contributed by atoms with Crippen LogP contribution in [0.2, 0.25) is 10.0 Å². The van der Waals surface area contributed by atoms with Crippen molar-refractivity contribution in [3.05, 3.63) is 93.0 Å². The summed E-state index contributed by atoms with van der Waals surface area (Å²) in [5, 5.41) is 4.68. The van der Waals surface area contributed by atoms with E-state index >= 15 is 0 Å². The lowest BCUT2D eigenvalue weighted by atomic mass is 10.1. The summed E-state index contributed by atoms with van der Waals surface area (Å²) in [5.74, 6) is 0.792. The lowest BCUT2D eigenvalue weighted by Crippen LogP contribution is -2.01. The van der Waals surface area contributed by atoms with Crippen LogP contribution in [0.3, 0.4) is 0 Å². The first-order valence-corrected chi connectivity index (χ1v) is 9.24. The summed E-state index contributed by atoms with van der Waals surface area (Å²) in [4.78, 5) is 0. The number of hydrogen-bond acceptors (Lipinski definition) is 2. The van der Waals surface area contributed by atoms with Crippen LogP contribution in [0.5, 0.6) is 5.75 Å². The molecule has 0 amide bonds. The van der Waals surface area contributed by atoms with Crippen LogP contribution in [0, 0.1) is 13.8 Å². The first-order valence-electron chi connectivity index (χ1n) is 8.48. The second-order valence-corrected chi connectivity index (χ2v) is 7.10. The van der Waals surface area contributed by atoms with E-state index in [2.05, 4.69) is 43.4 Å². The summed E-state index contributed by atoms with van der Waals surface area (Å²) in [6, 6.07) is 19.9. The molecular weight excluding hydrogens is 365 g/mol. The first kappa shape index (κ1) is 18.6. The third kappa shape index (κ3) is 4.72. The van der Waals surface area contributed by atoms with Gasteiger partial charge in [0.2, 0.25) is 0 Å². The average molecular weight is 386 g/mol. The van der Waals surface area contributed by atoms with Gasteiger partial charge in [-0.1, -0.05) is 47.5 Å². The summed E-state index contributed by atoms with van der Waals surface area (Å²) < 4.78 is 5.88. The molecular formula is C22H21Cl2NO. The first-order chi connectivity index (χ1) is 12.5. The van der Waals surface area contributed by atoms with E-state index in [1.807, 2.05) is 36.4 Å². The summed E-state index contributed by atoms with van der Waals surface area (Å²) in [7, 11) is 0. The molecule has 3 aromatic carbocycles. The van der Waals surface area contributed by atoms with Gasteiger partial charge in [-0.25, -0.2) is 0 Å². The number of rotatable bonds is 6. The van der Waals surface area contributed by atoms with Crippen molar-refractivity contribution in [2.45, 2.75) is 27.0 Å². The highest BCUT2D eigenvalue weighted by Crippen LogP contribution is 2.26. The zero-order valence-electron chi connectivity index (χ0n) is 14.9. The maximum absolute atomic E-state index is 6.19. The summed E-state index contributed by atoms with van der Waals surface area (Å²) in [6.45, 7) is 5.30. The average Bonchev–Trinajstić information content (AvgIpc) is 2.63. The molecule has 0 saturated carbocycles. The van der Waals surface area contributed by atoms with Gasteiger partial charge in [-0.15, -0.1) is 0 Å². The van der Waals surface area contributed by atoms with Crippen molar-refractivity contribution < 1.29 is 4.74 Å². The number of ether oxygens (including phenoxy) is 1. The SMILES string of the molecule is Cc1ccc(NCc2cccc(OCc3c(Cl)cccc3Cl)c2)cc1C. The largest absolute Gasteiger partial charge is 0.489 e. The van der Waals surface area contributed by atoms with Gasteiger partial charge in [-0.05, 0) is 66.9 Å². The number of halogens is 2. The fourth-order valence-corrected chi connectivity index (χ4v) is 3.13. The highest BCUT2D eigenvalue weighted by molar-refractivity contribution is 6.35. The van der Waals surface area contributed by atoms with E-state index in [0.29, 0.717) is 16.7 Å². The molecule has 4 heteroatoms. The Morgan fingerprint density at radius 2 is 1.58 bits per heavy atom. The molecule has 26 heavy (non-hydrogen) atoms. The van der Waals surface area contributed by atoms with Gasteiger partial charge in [0.1, 0.15) is 12.4 Å². The maximum Gasteiger partial charge on any atom is 0.120 e. The van der Waals surface area contributed by atoms with Gasteiger partial charge >= 0.3 is 0 Å². The summed E-state index contributed by atoms with van der Waals surface area (Å²) >= 11 is 12.4. The third-order valence-corrected chi connectivity index (χ3v) is 5.06. The smallest absolute Gasteiger partial charge is 0.120 e. The van der Waals surface area contributed by atoms with Crippen LogP contribution in [-0.4, -0.2) is 0 Å². The zero-order valence-corrected chi connectivity index (χ0v) is 16.4. The maximum atomic E-state index is 6.19. The molecule has 0 spiro atoms. The topological polar surface area (TPSA) is 21.3 Å². The highest BCUT2D eigenvalue weighted by Gasteiger charge is 2.06. The van der Waals surface area contributed by atoms with E-state index in [1.165, 1.54) is 11.1 Å². The van der Waals surface area contributed by atoms with Crippen molar-refractivity contribution in [3.63, 3.8) is 0 Å². The summed E-state index contributed by atoms with van der Waals surface area (Å²) in [6.07, 6.45) is 0. The number of benzene rings is 3. The van der Waals surface area contributed by atoms with Gasteiger partial charge in [0, 0.05) is 27.8 Å². The number of nitrogens with one attached hydrogen (secondary N) is 1. The molecule has 1 N–H and O–H groups in total. The van der Waals surface area contributed by atoms with Gasteiger partial charge < -0.3 is 10.1 Å². The van der Waals surface area contributed by atoms with Crippen molar-refractivity contribution in [1.29, 1.82) is 0 Å². The highest BCUT2D eigenvalue weighted by atomic mass is 35.5. The molecule has 0 unspecified atom stereocenters. The Balaban J connectivity index is 1.63. The Bertz CT molecular complexity index is 888. The van der Waals surface area contributed by atoms with Crippen LogP contribution in [0.25, 0.3) is 0 Å². The molecule has 0 atom stereocenters. The quantitative estimate of drug-likeness (QED) is 0.503. The fourth-order valence-electron chi connectivity index (χ4n) is 2.63. The minimum Gasteiger partial charge on any atom is -0.489 e. The van der Waals surface area contributed by atoms with E-state index in [1.54, 1.807) is 0 Å². The molecule has 0 fully saturated rings. The van der Waals surface area contributed by atoms with E-state index in [4.69, 9.17) is 27.9 Å².